The molecule has 0 saturated heterocycles. The quantitative estimate of drug-likeness (QED) is 0.504. The molecule has 28 heavy (non-hydrogen) atoms. The number of hydrogen-bond donors (Lipinski definition) is 1. The van der Waals surface area contributed by atoms with Crippen molar-refractivity contribution in [2.75, 3.05) is 5.32 Å². The van der Waals surface area contributed by atoms with Crippen molar-refractivity contribution in [3.8, 4) is 5.69 Å². The van der Waals surface area contributed by atoms with Gasteiger partial charge in [0.1, 0.15) is 11.0 Å². The molecule has 1 amide bonds. The molecular formula is C22H19ClN4O. The van der Waals surface area contributed by atoms with E-state index in [-0.39, 0.29) is 5.91 Å². The molecule has 0 atom stereocenters. The number of amides is 1. The molecule has 0 aliphatic carbocycles. The summed E-state index contributed by atoms with van der Waals surface area (Å²) in [6, 6.07) is 20.4. The van der Waals surface area contributed by atoms with Crippen molar-refractivity contribution in [1.29, 1.82) is 0 Å². The molecule has 4 rings (SSSR count). The highest BCUT2D eigenvalue weighted by molar-refractivity contribution is 6.30. The lowest BCUT2D eigenvalue weighted by Gasteiger charge is -2.05. The highest BCUT2D eigenvalue weighted by atomic mass is 35.5. The van der Waals surface area contributed by atoms with Crippen LogP contribution in [0.15, 0.2) is 66.7 Å². The van der Waals surface area contributed by atoms with Crippen LogP contribution in [0.5, 0.6) is 0 Å². The number of nitrogens with one attached hydrogen (secondary N) is 1. The summed E-state index contributed by atoms with van der Waals surface area (Å²) in [7, 11) is 0. The van der Waals surface area contributed by atoms with E-state index in [1.54, 1.807) is 29.1 Å². The number of fused-ring (bicyclic) bond motifs is 1. The SMILES string of the molecule is CC(C)c1ccc(-n2nc3ccc(NC(=O)c4ccc(Cl)cc4)cc3n2)cc1. The molecule has 1 aromatic heterocycles. The average Bonchev–Trinajstić information content (AvgIpc) is 3.12. The van der Waals surface area contributed by atoms with Crippen LogP contribution in [0.1, 0.15) is 35.7 Å². The van der Waals surface area contributed by atoms with Gasteiger partial charge < -0.3 is 5.32 Å². The summed E-state index contributed by atoms with van der Waals surface area (Å²) in [5.41, 5.74) is 4.84. The summed E-state index contributed by atoms with van der Waals surface area (Å²) in [5, 5.41) is 12.5. The fourth-order valence-corrected chi connectivity index (χ4v) is 3.03. The fourth-order valence-electron chi connectivity index (χ4n) is 2.90. The Balaban J connectivity index is 1.57. The molecule has 0 bridgehead atoms. The van der Waals surface area contributed by atoms with E-state index in [4.69, 9.17) is 11.6 Å². The molecule has 0 spiro atoms. The average molecular weight is 391 g/mol. The lowest BCUT2D eigenvalue weighted by Crippen LogP contribution is -2.11. The monoisotopic (exact) mass is 390 g/mol. The number of benzene rings is 3. The van der Waals surface area contributed by atoms with E-state index in [2.05, 4.69) is 41.5 Å². The fraction of sp³-hybridized carbons (Fsp3) is 0.136. The Kier molecular flexibility index (Phi) is 4.84. The lowest BCUT2D eigenvalue weighted by molar-refractivity contribution is 0.102. The van der Waals surface area contributed by atoms with Gasteiger partial charge in [-0.25, -0.2) is 0 Å². The highest BCUT2D eigenvalue weighted by Gasteiger charge is 2.10. The minimum absolute atomic E-state index is 0.201. The van der Waals surface area contributed by atoms with Crippen molar-refractivity contribution in [2.24, 2.45) is 0 Å². The third-order valence-electron chi connectivity index (χ3n) is 4.54. The zero-order chi connectivity index (χ0) is 19.7. The zero-order valence-corrected chi connectivity index (χ0v) is 16.3. The zero-order valence-electron chi connectivity index (χ0n) is 15.6. The third-order valence-corrected chi connectivity index (χ3v) is 4.79. The van der Waals surface area contributed by atoms with Gasteiger partial charge in [0.25, 0.3) is 5.91 Å². The molecule has 0 aliphatic heterocycles. The summed E-state index contributed by atoms with van der Waals surface area (Å²) in [4.78, 5) is 14.0. The van der Waals surface area contributed by atoms with Crippen LogP contribution in [0.4, 0.5) is 5.69 Å². The Bertz CT molecular complexity index is 1130. The van der Waals surface area contributed by atoms with Crippen molar-refractivity contribution in [2.45, 2.75) is 19.8 Å². The van der Waals surface area contributed by atoms with Gasteiger partial charge in [-0.2, -0.15) is 4.80 Å². The summed E-state index contributed by atoms with van der Waals surface area (Å²) in [6.07, 6.45) is 0. The van der Waals surface area contributed by atoms with E-state index in [0.717, 1.165) is 11.2 Å². The second-order valence-electron chi connectivity index (χ2n) is 6.90. The van der Waals surface area contributed by atoms with Crippen molar-refractivity contribution < 1.29 is 4.79 Å². The van der Waals surface area contributed by atoms with E-state index in [1.165, 1.54) is 5.56 Å². The summed E-state index contributed by atoms with van der Waals surface area (Å²) >= 11 is 5.87. The minimum atomic E-state index is -0.201. The Labute approximate surface area is 167 Å². The molecule has 0 unspecified atom stereocenters. The van der Waals surface area contributed by atoms with E-state index in [1.807, 2.05) is 30.3 Å². The van der Waals surface area contributed by atoms with Crippen LogP contribution in [-0.2, 0) is 0 Å². The maximum atomic E-state index is 12.4. The maximum absolute atomic E-state index is 12.4. The number of carbonyl (C=O) groups is 1. The molecule has 1 heterocycles. The number of nitrogens with zero attached hydrogens (tertiary/aromatic N) is 3. The smallest absolute Gasteiger partial charge is 0.255 e. The van der Waals surface area contributed by atoms with Crippen LogP contribution in [0.25, 0.3) is 16.7 Å². The second kappa shape index (κ2) is 7.44. The van der Waals surface area contributed by atoms with Crippen molar-refractivity contribution in [3.63, 3.8) is 0 Å². The van der Waals surface area contributed by atoms with E-state index < -0.39 is 0 Å². The number of aromatic nitrogens is 3. The van der Waals surface area contributed by atoms with Gasteiger partial charge in [-0.3, -0.25) is 4.79 Å². The Morgan fingerprint density at radius 1 is 0.929 bits per heavy atom. The predicted molar refractivity (Wildman–Crippen MR) is 112 cm³/mol. The van der Waals surface area contributed by atoms with Gasteiger partial charge in [0.2, 0.25) is 0 Å². The van der Waals surface area contributed by atoms with E-state index >= 15 is 0 Å². The van der Waals surface area contributed by atoms with Crippen molar-refractivity contribution in [1.82, 2.24) is 15.0 Å². The van der Waals surface area contributed by atoms with Crippen LogP contribution in [0.3, 0.4) is 0 Å². The Morgan fingerprint density at radius 3 is 2.29 bits per heavy atom. The highest BCUT2D eigenvalue weighted by Crippen LogP contribution is 2.20. The Morgan fingerprint density at radius 2 is 1.61 bits per heavy atom. The van der Waals surface area contributed by atoms with Gasteiger partial charge in [0, 0.05) is 16.3 Å². The minimum Gasteiger partial charge on any atom is -0.322 e. The number of halogens is 1. The number of anilines is 1. The first-order valence-electron chi connectivity index (χ1n) is 9.04. The van der Waals surface area contributed by atoms with Crippen molar-refractivity contribution >= 4 is 34.2 Å². The molecule has 0 radical (unpaired) electrons. The van der Waals surface area contributed by atoms with Gasteiger partial charge in [-0.15, -0.1) is 10.2 Å². The maximum Gasteiger partial charge on any atom is 0.255 e. The number of carbonyl (C=O) groups excluding carboxylic acids is 1. The van der Waals surface area contributed by atoms with Crippen LogP contribution in [-0.4, -0.2) is 20.9 Å². The largest absolute Gasteiger partial charge is 0.322 e. The second-order valence-corrected chi connectivity index (χ2v) is 7.34. The summed E-state index contributed by atoms with van der Waals surface area (Å²) < 4.78 is 0. The number of rotatable bonds is 4. The molecule has 0 fully saturated rings. The van der Waals surface area contributed by atoms with E-state index in [0.29, 0.717) is 27.7 Å². The van der Waals surface area contributed by atoms with Gasteiger partial charge >= 0.3 is 0 Å². The van der Waals surface area contributed by atoms with Gasteiger partial charge in [-0.05, 0) is 66.1 Å². The molecule has 5 nitrogen and oxygen atoms in total. The van der Waals surface area contributed by atoms with E-state index in [9.17, 15) is 4.79 Å². The molecule has 4 aromatic rings. The Hall–Kier alpha value is -3.18. The topological polar surface area (TPSA) is 59.8 Å². The molecule has 3 aromatic carbocycles. The molecule has 0 saturated carbocycles. The summed E-state index contributed by atoms with van der Waals surface area (Å²) in [5.74, 6) is 0.276. The first-order valence-corrected chi connectivity index (χ1v) is 9.42. The molecule has 1 N–H and O–H groups in total. The van der Waals surface area contributed by atoms with Gasteiger partial charge in [-0.1, -0.05) is 37.6 Å². The molecule has 6 heteroatoms. The third kappa shape index (κ3) is 3.75. The molecule has 0 aliphatic rings. The first-order chi connectivity index (χ1) is 13.5. The first kappa shape index (κ1) is 18.2. The summed E-state index contributed by atoms with van der Waals surface area (Å²) in [6.45, 7) is 4.32. The van der Waals surface area contributed by atoms with Crippen molar-refractivity contribution in [3.05, 3.63) is 82.9 Å². The normalized spacial score (nSPS) is 11.1. The predicted octanol–water partition coefficient (Wildman–Crippen LogP) is 5.45. The number of hydrogen-bond acceptors (Lipinski definition) is 3. The molecule has 140 valence electrons. The molecular weight excluding hydrogens is 372 g/mol. The van der Waals surface area contributed by atoms with Gasteiger partial charge in [0.05, 0.1) is 5.69 Å². The van der Waals surface area contributed by atoms with Crippen LogP contribution in [0, 0.1) is 0 Å². The van der Waals surface area contributed by atoms with Gasteiger partial charge in [0.15, 0.2) is 0 Å². The van der Waals surface area contributed by atoms with Crippen LogP contribution in [0.2, 0.25) is 5.02 Å². The van der Waals surface area contributed by atoms with Crippen LogP contribution >= 0.6 is 11.6 Å². The lowest BCUT2D eigenvalue weighted by atomic mass is 10.0. The standard InChI is InChI=1S/C22H19ClN4O/c1-14(2)15-5-10-19(11-6-15)27-25-20-12-9-18(13-21(20)26-27)24-22(28)16-3-7-17(23)8-4-16/h3-14H,1-2H3,(H,24,28). The van der Waals surface area contributed by atoms with Crippen LogP contribution < -0.4 is 5.32 Å².